The van der Waals surface area contributed by atoms with E-state index >= 15 is 0 Å². The molecule has 1 fully saturated rings. The molecule has 0 aliphatic carbocycles. The summed E-state index contributed by atoms with van der Waals surface area (Å²) in [5.74, 6) is 1.48. The summed E-state index contributed by atoms with van der Waals surface area (Å²) in [6.07, 6.45) is 0. The third-order valence-corrected chi connectivity index (χ3v) is 4.12. The molecule has 3 rings (SSSR count). The van der Waals surface area contributed by atoms with Crippen molar-refractivity contribution >= 4 is 22.8 Å². The average molecular weight is 302 g/mol. The van der Waals surface area contributed by atoms with Crippen molar-refractivity contribution in [3.05, 3.63) is 17.3 Å². The maximum absolute atomic E-state index is 9.41. The van der Waals surface area contributed by atoms with Gasteiger partial charge in [0.05, 0.1) is 5.39 Å². The first kappa shape index (κ1) is 14.9. The lowest BCUT2D eigenvalue weighted by Gasteiger charge is -2.19. The second-order valence-corrected chi connectivity index (χ2v) is 5.78. The van der Waals surface area contributed by atoms with Gasteiger partial charge in [0.2, 0.25) is 5.95 Å². The van der Waals surface area contributed by atoms with E-state index in [-0.39, 0.29) is 18.6 Å². The Morgan fingerprint density at radius 1 is 1.27 bits per heavy atom. The molecular formula is C15H22N6O. The fourth-order valence-electron chi connectivity index (χ4n) is 2.98. The zero-order valence-corrected chi connectivity index (χ0v) is 13.1. The molecule has 0 aromatic carbocycles. The molecule has 0 radical (unpaired) electrons. The molecule has 0 saturated carbocycles. The summed E-state index contributed by atoms with van der Waals surface area (Å²) in [6.45, 7) is 5.74. The molecule has 1 aliphatic heterocycles. The molecule has 118 valence electrons. The highest BCUT2D eigenvalue weighted by Crippen LogP contribution is 2.25. The van der Waals surface area contributed by atoms with Crippen molar-refractivity contribution in [2.24, 2.45) is 5.92 Å². The Bertz CT molecular complexity index is 689. The molecule has 2 unspecified atom stereocenters. The van der Waals surface area contributed by atoms with Gasteiger partial charge in [-0.25, -0.2) is 4.98 Å². The van der Waals surface area contributed by atoms with Crippen LogP contribution in [-0.4, -0.2) is 52.8 Å². The number of fused-ring (bicyclic) bond motifs is 1. The summed E-state index contributed by atoms with van der Waals surface area (Å²) in [7, 11) is 1.85. The van der Waals surface area contributed by atoms with Gasteiger partial charge in [0.15, 0.2) is 5.65 Å². The van der Waals surface area contributed by atoms with Crippen molar-refractivity contribution in [2.45, 2.75) is 19.9 Å². The molecule has 2 aromatic rings. The number of rotatable bonds is 4. The predicted octanol–water partition coefficient (Wildman–Crippen LogP) is 0.676. The van der Waals surface area contributed by atoms with Gasteiger partial charge in [-0.05, 0) is 25.5 Å². The van der Waals surface area contributed by atoms with E-state index in [2.05, 4.69) is 30.9 Å². The number of aromatic nitrogens is 3. The normalized spacial score (nSPS) is 21.3. The minimum Gasteiger partial charge on any atom is -0.396 e. The Morgan fingerprint density at radius 2 is 2.09 bits per heavy atom. The number of aliphatic hydroxyl groups is 1. The van der Waals surface area contributed by atoms with Gasteiger partial charge in [-0.3, -0.25) is 0 Å². The van der Waals surface area contributed by atoms with Gasteiger partial charge in [0.25, 0.3) is 0 Å². The minimum atomic E-state index is 0.123. The molecular weight excluding hydrogens is 280 g/mol. The Morgan fingerprint density at radius 3 is 2.82 bits per heavy atom. The van der Waals surface area contributed by atoms with Gasteiger partial charge in [-0.1, -0.05) is 0 Å². The van der Waals surface area contributed by atoms with Crippen LogP contribution in [0.2, 0.25) is 0 Å². The van der Waals surface area contributed by atoms with Crippen LogP contribution >= 0.6 is 0 Å². The Labute approximate surface area is 129 Å². The second kappa shape index (κ2) is 6.02. The van der Waals surface area contributed by atoms with Crippen LogP contribution in [0, 0.1) is 19.8 Å². The van der Waals surface area contributed by atoms with Crippen LogP contribution in [0.5, 0.6) is 0 Å². The van der Waals surface area contributed by atoms with Crippen LogP contribution in [0.15, 0.2) is 6.07 Å². The summed E-state index contributed by atoms with van der Waals surface area (Å²) < 4.78 is 0. The van der Waals surface area contributed by atoms with Crippen molar-refractivity contribution in [3.8, 4) is 0 Å². The number of hydrogen-bond acceptors (Lipinski definition) is 7. The van der Waals surface area contributed by atoms with E-state index in [1.807, 2.05) is 27.0 Å². The zero-order valence-electron chi connectivity index (χ0n) is 13.1. The van der Waals surface area contributed by atoms with Crippen LogP contribution in [0.1, 0.15) is 11.3 Å². The standard InChI is InChI=1S/C15H22N6O/c1-8-4-9(2)18-14-12(8)13(16-3)20-15(21-14)19-11-6-17-5-10(11)7-22/h4,10-11,17,22H,5-7H2,1-3H3,(H2,16,18,19,20,21). The first-order valence-electron chi connectivity index (χ1n) is 7.54. The minimum absolute atomic E-state index is 0.123. The first-order valence-corrected chi connectivity index (χ1v) is 7.54. The summed E-state index contributed by atoms with van der Waals surface area (Å²) in [5, 5.41) is 20.1. The van der Waals surface area contributed by atoms with E-state index in [4.69, 9.17) is 0 Å². The average Bonchev–Trinajstić information content (AvgIpc) is 2.92. The predicted molar refractivity (Wildman–Crippen MR) is 87.2 cm³/mol. The van der Waals surface area contributed by atoms with Gasteiger partial charge in [-0.2, -0.15) is 9.97 Å². The second-order valence-electron chi connectivity index (χ2n) is 5.78. The highest BCUT2D eigenvalue weighted by Gasteiger charge is 2.27. The van der Waals surface area contributed by atoms with E-state index < -0.39 is 0 Å². The van der Waals surface area contributed by atoms with Gasteiger partial charge in [0.1, 0.15) is 5.82 Å². The summed E-state index contributed by atoms with van der Waals surface area (Å²) >= 11 is 0. The van der Waals surface area contributed by atoms with E-state index in [1.54, 1.807) is 0 Å². The van der Waals surface area contributed by atoms with Crippen LogP contribution in [0.25, 0.3) is 11.0 Å². The van der Waals surface area contributed by atoms with Crippen LogP contribution in [0.3, 0.4) is 0 Å². The molecule has 1 saturated heterocycles. The molecule has 2 aromatic heterocycles. The topological polar surface area (TPSA) is 95.0 Å². The number of hydrogen-bond donors (Lipinski definition) is 4. The Kier molecular flexibility index (Phi) is 4.08. The molecule has 0 spiro atoms. The van der Waals surface area contributed by atoms with Crippen molar-refractivity contribution in [3.63, 3.8) is 0 Å². The largest absolute Gasteiger partial charge is 0.396 e. The lowest BCUT2D eigenvalue weighted by atomic mass is 10.1. The van der Waals surface area contributed by atoms with Crippen molar-refractivity contribution in [2.75, 3.05) is 37.4 Å². The molecule has 22 heavy (non-hydrogen) atoms. The van der Waals surface area contributed by atoms with Gasteiger partial charge < -0.3 is 21.1 Å². The highest BCUT2D eigenvalue weighted by molar-refractivity contribution is 5.90. The summed E-state index contributed by atoms with van der Waals surface area (Å²) in [4.78, 5) is 13.6. The van der Waals surface area contributed by atoms with Gasteiger partial charge in [0, 0.05) is 44.4 Å². The lowest BCUT2D eigenvalue weighted by Crippen LogP contribution is -2.31. The quantitative estimate of drug-likeness (QED) is 0.659. The maximum atomic E-state index is 9.41. The number of aliphatic hydroxyl groups excluding tert-OH is 1. The highest BCUT2D eigenvalue weighted by atomic mass is 16.3. The molecule has 3 heterocycles. The van der Waals surface area contributed by atoms with Crippen molar-refractivity contribution in [1.82, 2.24) is 20.3 Å². The third-order valence-electron chi connectivity index (χ3n) is 4.12. The monoisotopic (exact) mass is 302 g/mol. The third kappa shape index (κ3) is 2.69. The molecule has 0 bridgehead atoms. The molecule has 7 heteroatoms. The fourth-order valence-corrected chi connectivity index (χ4v) is 2.98. The van der Waals surface area contributed by atoms with E-state index in [9.17, 15) is 5.11 Å². The van der Waals surface area contributed by atoms with Crippen molar-refractivity contribution in [1.29, 1.82) is 0 Å². The van der Waals surface area contributed by atoms with E-state index in [1.165, 1.54) is 0 Å². The Balaban J connectivity index is 2.00. The van der Waals surface area contributed by atoms with Crippen molar-refractivity contribution < 1.29 is 5.11 Å². The first-order chi connectivity index (χ1) is 10.6. The Hall–Kier alpha value is -1.99. The number of nitrogens with one attached hydrogen (secondary N) is 3. The molecule has 0 amide bonds. The number of nitrogens with zero attached hydrogens (tertiary/aromatic N) is 3. The summed E-state index contributed by atoms with van der Waals surface area (Å²) in [6, 6.07) is 2.15. The van der Waals surface area contributed by atoms with E-state index in [0.717, 1.165) is 35.6 Å². The fraction of sp³-hybridized carbons (Fsp3) is 0.533. The molecule has 4 N–H and O–H groups in total. The van der Waals surface area contributed by atoms with Crippen LogP contribution in [-0.2, 0) is 0 Å². The molecule has 1 aliphatic rings. The van der Waals surface area contributed by atoms with Crippen LogP contribution < -0.4 is 16.0 Å². The smallest absolute Gasteiger partial charge is 0.227 e. The molecule has 2 atom stereocenters. The van der Waals surface area contributed by atoms with E-state index in [0.29, 0.717) is 11.6 Å². The number of pyridine rings is 1. The SMILES string of the molecule is CNc1nc(NC2CNCC2CO)nc2nc(C)cc(C)c12. The lowest BCUT2D eigenvalue weighted by molar-refractivity contribution is 0.231. The molecule has 7 nitrogen and oxygen atoms in total. The van der Waals surface area contributed by atoms with Gasteiger partial charge >= 0.3 is 0 Å². The number of aryl methyl sites for hydroxylation is 2. The summed E-state index contributed by atoms with van der Waals surface area (Å²) in [5.41, 5.74) is 2.73. The number of anilines is 2. The van der Waals surface area contributed by atoms with Crippen LogP contribution in [0.4, 0.5) is 11.8 Å². The maximum Gasteiger partial charge on any atom is 0.227 e. The van der Waals surface area contributed by atoms with Gasteiger partial charge in [-0.15, -0.1) is 0 Å². The zero-order chi connectivity index (χ0) is 15.7.